The van der Waals surface area contributed by atoms with Crippen molar-refractivity contribution in [2.45, 2.75) is 0 Å². The summed E-state index contributed by atoms with van der Waals surface area (Å²) in [6, 6.07) is 102. The van der Waals surface area contributed by atoms with Gasteiger partial charge in [-0.15, -0.1) is 0 Å². The summed E-state index contributed by atoms with van der Waals surface area (Å²) in [5.41, 5.74) is 16.3. The molecule has 0 heterocycles. The van der Waals surface area contributed by atoms with Crippen molar-refractivity contribution >= 4 is 77.2 Å². The van der Waals surface area contributed by atoms with E-state index in [2.05, 4.69) is 289 Å². The first-order valence-corrected chi connectivity index (χ1v) is 24.1. The fourth-order valence-corrected chi connectivity index (χ4v) is 10.7. The Bertz CT molecular complexity index is 3480. The molecule has 2 heteroatoms. The lowest BCUT2D eigenvalue weighted by atomic mass is 9.88. The van der Waals surface area contributed by atoms with E-state index in [0.29, 0.717) is 0 Å². The van der Waals surface area contributed by atoms with Gasteiger partial charge >= 0.3 is 0 Å². The summed E-state index contributed by atoms with van der Waals surface area (Å²) in [5, 5.41) is 9.93. The molecule has 0 aromatic heterocycles. The minimum absolute atomic E-state index is 1.10. The average molecular weight is 891 g/mol. The van der Waals surface area contributed by atoms with E-state index in [0.717, 1.165) is 34.1 Å². The van der Waals surface area contributed by atoms with Gasteiger partial charge in [0.2, 0.25) is 0 Å². The van der Waals surface area contributed by atoms with Crippen LogP contribution in [0.1, 0.15) is 0 Å². The SMILES string of the molecule is c1ccc(-c2ccc(N(c3ccc(-c4ccccc4)cc3)c3ccc4c5cccc6c(N(c7ccc(-c8ccccc8)cc7)c7ccc(-c8ccccc8)cc7)ccc(c7cccc3c74)c65)cc2)cc1. The molecule has 0 radical (unpaired) electrons. The predicted octanol–water partition coefficient (Wildman–Crippen LogP) is 19.3. The van der Waals surface area contributed by atoms with Crippen molar-refractivity contribution in [1.82, 2.24) is 0 Å². The molecule has 13 aromatic carbocycles. The molecule has 0 N–H and O–H groups in total. The fourth-order valence-electron chi connectivity index (χ4n) is 10.7. The van der Waals surface area contributed by atoms with Crippen molar-refractivity contribution in [1.29, 1.82) is 0 Å². The number of hydrogen-bond donors (Lipinski definition) is 0. The first-order chi connectivity index (χ1) is 34.7. The molecule has 0 unspecified atom stereocenters. The van der Waals surface area contributed by atoms with Gasteiger partial charge in [0, 0.05) is 33.5 Å². The summed E-state index contributed by atoms with van der Waals surface area (Å²) >= 11 is 0. The Morgan fingerprint density at radius 1 is 0.157 bits per heavy atom. The molecule has 0 saturated carbocycles. The molecule has 0 saturated heterocycles. The lowest BCUT2D eigenvalue weighted by molar-refractivity contribution is 1.30. The van der Waals surface area contributed by atoms with E-state index in [-0.39, 0.29) is 0 Å². The fraction of sp³-hybridized carbons (Fsp3) is 0. The minimum atomic E-state index is 1.10. The molecular formula is C68H46N2. The Morgan fingerprint density at radius 3 is 0.657 bits per heavy atom. The van der Waals surface area contributed by atoms with Crippen LogP contribution in [0.25, 0.3) is 87.6 Å². The molecule has 0 fully saturated rings. The molecule has 0 aliphatic carbocycles. The molecule has 0 atom stereocenters. The molecule has 328 valence electrons. The highest BCUT2D eigenvalue weighted by Gasteiger charge is 2.23. The Kier molecular flexibility index (Phi) is 10.2. The predicted molar refractivity (Wildman–Crippen MR) is 299 cm³/mol. The van der Waals surface area contributed by atoms with Gasteiger partial charge in [0.15, 0.2) is 0 Å². The number of hydrogen-bond acceptors (Lipinski definition) is 2. The maximum absolute atomic E-state index is 2.43. The average Bonchev–Trinajstić information content (AvgIpc) is 3.44. The molecule has 0 aliphatic heterocycles. The van der Waals surface area contributed by atoms with Crippen LogP contribution in [0.2, 0.25) is 0 Å². The number of rotatable bonds is 10. The second kappa shape index (κ2) is 17.4. The van der Waals surface area contributed by atoms with E-state index in [1.807, 2.05) is 0 Å². The Balaban J connectivity index is 0.979. The topological polar surface area (TPSA) is 6.48 Å². The van der Waals surface area contributed by atoms with Crippen molar-refractivity contribution < 1.29 is 0 Å². The zero-order chi connectivity index (χ0) is 46.4. The van der Waals surface area contributed by atoms with Crippen molar-refractivity contribution in [2.24, 2.45) is 0 Å². The summed E-state index contributed by atoms with van der Waals surface area (Å²) in [6.07, 6.45) is 0. The molecule has 70 heavy (non-hydrogen) atoms. The van der Waals surface area contributed by atoms with E-state index in [1.54, 1.807) is 0 Å². The maximum Gasteiger partial charge on any atom is 0.0540 e. The second-order valence-corrected chi connectivity index (χ2v) is 18.0. The third kappa shape index (κ3) is 7.22. The van der Waals surface area contributed by atoms with Gasteiger partial charge in [-0.3, -0.25) is 0 Å². The number of benzene rings is 13. The van der Waals surface area contributed by atoms with Crippen LogP contribution in [0.15, 0.2) is 279 Å². The highest BCUT2D eigenvalue weighted by Crippen LogP contribution is 2.49. The molecule has 13 rings (SSSR count). The first kappa shape index (κ1) is 41.0. The summed E-state index contributed by atoms with van der Waals surface area (Å²) in [6.45, 7) is 0. The van der Waals surface area contributed by atoms with Crippen molar-refractivity contribution in [2.75, 3.05) is 9.80 Å². The van der Waals surface area contributed by atoms with E-state index < -0.39 is 0 Å². The first-order valence-electron chi connectivity index (χ1n) is 24.1. The molecule has 0 amide bonds. The summed E-state index contributed by atoms with van der Waals surface area (Å²) < 4.78 is 0. The molecule has 0 aliphatic rings. The molecular weight excluding hydrogens is 845 g/mol. The largest absolute Gasteiger partial charge is 0.310 e. The molecule has 0 bridgehead atoms. The van der Waals surface area contributed by atoms with E-state index in [9.17, 15) is 0 Å². The van der Waals surface area contributed by atoms with Crippen molar-refractivity contribution in [3.8, 4) is 44.5 Å². The maximum atomic E-state index is 2.43. The molecule has 2 nitrogen and oxygen atoms in total. The van der Waals surface area contributed by atoms with Gasteiger partial charge in [-0.05, 0) is 137 Å². The van der Waals surface area contributed by atoms with E-state index in [1.165, 1.54) is 87.6 Å². The number of fused-ring (bicyclic) bond motifs is 2. The quantitative estimate of drug-likeness (QED) is 0.0997. The smallest absolute Gasteiger partial charge is 0.0540 e. The van der Waals surface area contributed by atoms with Crippen LogP contribution in [0, 0.1) is 0 Å². The Morgan fingerprint density at radius 2 is 0.386 bits per heavy atom. The third-order valence-electron chi connectivity index (χ3n) is 14.0. The van der Waals surface area contributed by atoms with Crippen molar-refractivity contribution in [3.05, 3.63) is 279 Å². The summed E-state index contributed by atoms with van der Waals surface area (Å²) in [4.78, 5) is 4.85. The number of nitrogens with zero attached hydrogens (tertiary/aromatic N) is 2. The van der Waals surface area contributed by atoms with E-state index >= 15 is 0 Å². The highest BCUT2D eigenvalue weighted by molar-refractivity contribution is 6.35. The van der Waals surface area contributed by atoms with Gasteiger partial charge < -0.3 is 9.80 Å². The monoisotopic (exact) mass is 890 g/mol. The van der Waals surface area contributed by atoms with Crippen molar-refractivity contribution in [3.63, 3.8) is 0 Å². The van der Waals surface area contributed by atoms with Gasteiger partial charge in [-0.25, -0.2) is 0 Å². The summed E-state index contributed by atoms with van der Waals surface area (Å²) in [5.74, 6) is 0. The number of anilines is 6. The highest BCUT2D eigenvalue weighted by atomic mass is 15.1. The van der Waals surface area contributed by atoms with Gasteiger partial charge in [0.1, 0.15) is 0 Å². The Labute approximate surface area is 408 Å². The van der Waals surface area contributed by atoms with Crippen LogP contribution < -0.4 is 9.80 Å². The van der Waals surface area contributed by atoms with Crippen LogP contribution in [0.4, 0.5) is 34.1 Å². The van der Waals surface area contributed by atoms with Crippen LogP contribution in [0.3, 0.4) is 0 Å². The lowest BCUT2D eigenvalue weighted by Crippen LogP contribution is -2.11. The molecule has 13 aromatic rings. The van der Waals surface area contributed by atoms with E-state index in [4.69, 9.17) is 0 Å². The normalized spacial score (nSPS) is 11.4. The van der Waals surface area contributed by atoms with Crippen LogP contribution >= 0.6 is 0 Å². The summed E-state index contributed by atoms with van der Waals surface area (Å²) in [7, 11) is 0. The van der Waals surface area contributed by atoms with Crippen LogP contribution in [0.5, 0.6) is 0 Å². The lowest BCUT2D eigenvalue weighted by Gasteiger charge is -2.29. The third-order valence-corrected chi connectivity index (χ3v) is 14.0. The van der Waals surface area contributed by atoms with Gasteiger partial charge in [0.25, 0.3) is 0 Å². The molecule has 0 spiro atoms. The standard InChI is InChI=1S/C68H46N2/c1-5-15-47(16-6-1)51-27-35-55(36-28-51)69(56-37-29-52(30-38-56)48-17-7-2-8-18-48)65-45-43-61-60-24-14-26-64-66(46-44-62(68(60)64)59-23-13-25-63(65)67(59)61)70(57-39-31-53(32-40-57)49-19-9-3-10-20-49)58-41-33-54(34-42-58)50-21-11-4-12-22-50/h1-46H. The zero-order valence-corrected chi connectivity index (χ0v) is 38.5. The zero-order valence-electron chi connectivity index (χ0n) is 38.5. The minimum Gasteiger partial charge on any atom is -0.310 e. The van der Waals surface area contributed by atoms with Crippen LogP contribution in [-0.2, 0) is 0 Å². The van der Waals surface area contributed by atoms with Gasteiger partial charge in [-0.1, -0.05) is 218 Å². The Hall–Kier alpha value is -9.24. The van der Waals surface area contributed by atoms with Gasteiger partial charge in [-0.2, -0.15) is 0 Å². The van der Waals surface area contributed by atoms with Gasteiger partial charge in [0.05, 0.1) is 11.4 Å². The van der Waals surface area contributed by atoms with Crippen LogP contribution in [-0.4, -0.2) is 0 Å². The second-order valence-electron chi connectivity index (χ2n) is 18.0.